The molecule has 0 spiro atoms. The highest BCUT2D eigenvalue weighted by molar-refractivity contribution is 5.77. The Morgan fingerprint density at radius 2 is 2.25 bits per heavy atom. The van der Waals surface area contributed by atoms with Crippen molar-refractivity contribution < 1.29 is 4.74 Å². The number of ether oxygens (including phenoxy) is 1. The number of nitrogens with one attached hydrogen (secondary N) is 1. The summed E-state index contributed by atoms with van der Waals surface area (Å²) in [5, 5.41) is 3.07. The molecule has 16 heavy (non-hydrogen) atoms. The zero-order chi connectivity index (χ0) is 11.4. The van der Waals surface area contributed by atoms with E-state index >= 15 is 0 Å². The van der Waals surface area contributed by atoms with Crippen LogP contribution in [0.25, 0.3) is 0 Å². The number of fused-ring (bicyclic) bond motifs is 2. The van der Waals surface area contributed by atoms with Crippen molar-refractivity contribution in [2.45, 2.75) is 32.1 Å². The number of guanidine groups is 1. The molecule has 4 nitrogen and oxygen atoms in total. The van der Waals surface area contributed by atoms with Crippen molar-refractivity contribution >= 4 is 5.96 Å². The smallest absolute Gasteiger partial charge is 0.188 e. The predicted molar refractivity (Wildman–Crippen MR) is 65.4 cm³/mol. The summed E-state index contributed by atoms with van der Waals surface area (Å²) < 4.78 is 4.94. The van der Waals surface area contributed by atoms with Gasteiger partial charge in [0.15, 0.2) is 5.96 Å². The van der Waals surface area contributed by atoms with E-state index in [0.29, 0.717) is 18.0 Å². The number of hydrogen-bond donors (Lipinski definition) is 2. The molecule has 2 bridgehead atoms. The van der Waals surface area contributed by atoms with Crippen molar-refractivity contribution in [3.8, 4) is 0 Å². The molecule has 2 saturated carbocycles. The Bertz CT molecular complexity index is 257. The van der Waals surface area contributed by atoms with Gasteiger partial charge in [-0.3, -0.25) is 4.99 Å². The number of rotatable bonds is 5. The van der Waals surface area contributed by atoms with Gasteiger partial charge in [0, 0.05) is 20.2 Å². The van der Waals surface area contributed by atoms with Crippen LogP contribution >= 0.6 is 0 Å². The van der Waals surface area contributed by atoms with Crippen molar-refractivity contribution in [1.82, 2.24) is 5.32 Å². The van der Waals surface area contributed by atoms with Gasteiger partial charge in [0.05, 0.1) is 6.61 Å². The molecule has 3 N–H and O–H groups in total. The zero-order valence-corrected chi connectivity index (χ0v) is 10.2. The SMILES string of the molecule is COCCNC(N)=NCC12CCC(CC1)C2. The van der Waals surface area contributed by atoms with Crippen molar-refractivity contribution in [2.75, 3.05) is 26.8 Å². The van der Waals surface area contributed by atoms with Gasteiger partial charge < -0.3 is 15.8 Å². The molecule has 92 valence electrons. The van der Waals surface area contributed by atoms with Gasteiger partial charge in [-0.25, -0.2) is 0 Å². The maximum atomic E-state index is 5.80. The Balaban J connectivity index is 1.75. The van der Waals surface area contributed by atoms with Crippen LogP contribution in [0.4, 0.5) is 0 Å². The molecule has 0 unspecified atom stereocenters. The minimum absolute atomic E-state index is 0.498. The highest BCUT2D eigenvalue weighted by Crippen LogP contribution is 2.54. The molecule has 2 aliphatic rings. The molecule has 0 amide bonds. The average molecular weight is 225 g/mol. The second-order valence-electron chi connectivity index (χ2n) is 5.27. The van der Waals surface area contributed by atoms with Crippen LogP contribution in [0, 0.1) is 11.3 Å². The van der Waals surface area contributed by atoms with Crippen LogP contribution in [-0.4, -0.2) is 32.8 Å². The minimum Gasteiger partial charge on any atom is -0.383 e. The van der Waals surface area contributed by atoms with Gasteiger partial charge in [0.25, 0.3) is 0 Å². The molecule has 4 heteroatoms. The van der Waals surface area contributed by atoms with E-state index in [0.717, 1.165) is 19.0 Å². The first-order chi connectivity index (χ1) is 7.74. The Morgan fingerprint density at radius 3 is 2.81 bits per heavy atom. The number of methoxy groups -OCH3 is 1. The quantitative estimate of drug-likeness (QED) is 0.419. The van der Waals surface area contributed by atoms with E-state index < -0.39 is 0 Å². The fourth-order valence-corrected chi connectivity index (χ4v) is 3.12. The second-order valence-corrected chi connectivity index (χ2v) is 5.27. The molecule has 2 fully saturated rings. The van der Waals surface area contributed by atoms with E-state index in [1.54, 1.807) is 7.11 Å². The summed E-state index contributed by atoms with van der Waals surface area (Å²) in [7, 11) is 1.69. The number of nitrogens with zero attached hydrogens (tertiary/aromatic N) is 1. The third kappa shape index (κ3) is 2.67. The summed E-state index contributed by atoms with van der Waals surface area (Å²) in [6.45, 7) is 2.32. The Hall–Kier alpha value is -0.770. The summed E-state index contributed by atoms with van der Waals surface area (Å²) >= 11 is 0. The van der Waals surface area contributed by atoms with Crippen molar-refractivity contribution in [3.05, 3.63) is 0 Å². The van der Waals surface area contributed by atoms with Gasteiger partial charge in [-0.05, 0) is 43.4 Å². The molecule has 0 heterocycles. The molecule has 0 radical (unpaired) electrons. The highest BCUT2D eigenvalue weighted by atomic mass is 16.5. The first kappa shape index (κ1) is 11.7. The monoisotopic (exact) mass is 225 g/mol. The van der Waals surface area contributed by atoms with Crippen LogP contribution in [0.2, 0.25) is 0 Å². The van der Waals surface area contributed by atoms with Gasteiger partial charge in [-0.15, -0.1) is 0 Å². The van der Waals surface area contributed by atoms with E-state index in [1.165, 1.54) is 32.1 Å². The summed E-state index contributed by atoms with van der Waals surface area (Å²) in [4.78, 5) is 4.48. The fraction of sp³-hybridized carbons (Fsp3) is 0.917. The van der Waals surface area contributed by atoms with Crippen LogP contribution in [-0.2, 0) is 4.74 Å². The molecule has 2 rings (SSSR count). The second kappa shape index (κ2) is 5.04. The molecular weight excluding hydrogens is 202 g/mol. The molecule has 0 aliphatic heterocycles. The van der Waals surface area contributed by atoms with Crippen LogP contribution in [0.1, 0.15) is 32.1 Å². The van der Waals surface area contributed by atoms with Crippen LogP contribution < -0.4 is 11.1 Å². The summed E-state index contributed by atoms with van der Waals surface area (Å²) in [6, 6.07) is 0. The lowest BCUT2D eigenvalue weighted by Gasteiger charge is -2.24. The van der Waals surface area contributed by atoms with E-state index in [-0.39, 0.29) is 0 Å². The van der Waals surface area contributed by atoms with E-state index in [9.17, 15) is 0 Å². The molecule has 0 saturated heterocycles. The summed E-state index contributed by atoms with van der Waals surface area (Å²) in [6.07, 6.45) is 6.90. The molecular formula is C12H23N3O. The van der Waals surface area contributed by atoms with Crippen molar-refractivity contribution in [3.63, 3.8) is 0 Å². The first-order valence-electron chi connectivity index (χ1n) is 6.27. The van der Waals surface area contributed by atoms with Crippen molar-refractivity contribution in [1.29, 1.82) is 0 Å². The predicted octanol–water partition coefficient (Wildman–Crippen LogP) is 1.12. The normalized spacial score (nSPS) is 33.3. The Morgan fingerprint density at radius 1 is 1.50 bits per heavy atom. The first-order valence-corrected chi connectivity index (χ1v) is 6.27. The van der Waals surface area contributed by atoms with E-state index in [1.807, 2.05) is 0 Å². The molecule has 2 aliphatic carbocycles. The molecule has 0 aromatic heterocycles. The third-order valence-electron chi connectivity index (χ3n) is 4.08. The number of aliphatic imine (C=N–C) groups is 1. The van der Waals surface area contributed by atoms with Gasteiger partial charge in [0.1, 0.15) is 0 Å². The maximum absolute atomic E-state index is 5.80. The van der Waals surface area contributed by atoms with E-state index in [4.69, 9.17) is 10.5 Å². The van der Waals surface area contributed by atoms with Gasteiger partial charge in [-0.2, -0.15) is 0 Å². The third-order valence-corrected chi connectivity index (χ3v) is 4.08. The molecule has 0 atom stereocenters. The summed E-state index contributed by atoms with van der Waals surface area (Å²) in [5.41, 5.74) is 6.30. The average Bonchev–Trinajstić information content (AvgIpc) is 2.87. The topological polar surface area (TPSA) is 59.6 Å². The molecule has 0 aromatic carbocycles. The standard InChI is InChI=1S/C12H23N3O/c1-16-7-6-14-11(13)15-9-12-4-2-10(8-12)3-5-12/h10H,2-9H2,1H3,(H3,13,14,15). The van der Waals surface area contributed by atoms with Gasteiger partial charge in [0.2, 0.25) is 0 Å². The largest absolute Gasteiger partial charge is 0.383 e. The maximum Gasteiger partial charge on any atom is 0.188 e. The zero-order valence-electron chi connectivity index (χ0n) is 10.2. The lowest BCUT2D eigenvalue weighted by Crippen LogP contribution is -2.35. The lowest BCUT2D eigenvalue weighted by molar-refractivity contribution is 0.204. The number of nitrogens with two attached hydrogens (primary N) is 1. The highest BCUT2D eigenvalue weighted by Gasteiger charge is 2.44. The van der Waals surface area contributed by atoms with Crippen molar-refractivity contribution in [2.24, 2.45) is 22.1 Å². The molecule has 0 aromatic rings. The van der Waals surface area contributed by atoms with E-state index in [2.05, 4.69) is 10.3 Å². The van der Waals surface area contributed by atoms with Crippen LogP contribution in [0.3, 0.4) is 0 Å². The Labute approximate surface area is 97.6 Å². The Kier molecular flexibility index (Phi) is 3.69. The van der Waals surface area contributed by atoms with Gasteiger partial charge in [-0.1, -0.05) is 0 Å². The minimum atomic E-state index is 0.498. The number of hydrogen-bond acceptors (Lipinski definition) is 2. The van der Waals surface area contributed by atoms with Crippen LogP contribution in [0.5, 0.6) is 0 Å². The summed E-state index contributed by atoms with van der Waals surface area (Å²) in [5.74, 6) is 1.56. The van der Waals surface area contributed by atoms with Gasteiger partial charge >= 0.3 is 0 Å². The lowest BCUT2D eigenvalue weighted by atomic mass is 9.84. The fourth-order valence-electron chi connectivity index (χ4n) is 3.12. The van der Waals surface area contributed by atoms with Crippen LogP contribution in [0.15, 0.2) is 4.99 Å².